The van der Waals surface area contributed by atoms with Crippen molar-refractivity contribution >= 4 is 0 Å². The molecule has 1 aromatic rings. The molecule has 0 saturated carbocycles. The molecule has 1 aliphatic rings. The highest BCUT2D eigenvalue weighted by atomic mass is 19.4. The van der Waals surface area contributed by atoms with Gasteiger partial charge in [-0.3, -0.25) is 0 Å². The van der Waals surface area contributed by atoms with E-state index in [0.29, 0.717) is 11.5 Å². The lowest BCUT2D eigenvalue weighted by Gasteiger charge is -2.37. The molecule has 1 fully saturated rings. The zero-order chi connectivity index (χ0) is 15.5. The van der Waals surface area contributed by atoms with Crippen LogP contribution in [0.2, 0.25) is 0 Å². The topological polar surface area (TPSA) is 15.3 Å². The number of alkyl halides is 3. The Morgan fingerprint density at radius 2 is 1.95 bits per heavy atom. The van der Waals surface area contributed by atoms with E-state index in [4.69, 9.17) is 0 Å². The first-order valence-corrected chi connectivity index (χ1v) is 7.41. The van der Waals surface area contributed by atoms with Crippen LogP contribution in [-0.2, 0) is 0 Å². The molecule has 3 unspecified atom stereocenters. The average Bonchev–Trinajstić information content (AvgIpc) is 2.40. The summed E-state index contributed by atoms with van der Waals surface area (Å²) >= 11 is 0. The summed E-state index contributed by atoms with van der Waals surface area (Å²) in [6.45, 7) is 3.95. The predicted molar refractivity (Wildman–Crippen MR) is 78.1 cm³/mol. The number of benzene rings is 1. The molecular weight excluding hydrogens is 277 g/mol. The van der Waals surface area contributed by atoms with Crippen molar-refractivity contribution in [2.24, 2.45) is 5.92 Å². The van der Waals surface area contributed by atoms with E-state index < -0.39 is 18.6 Å². The molecule has 0 aliphatic carbocycles. The molecule has 2 rings (SSSR count). The van der Waals surface area contributed by atoms with Crippen LogP contribution < -0.4 is 5.32 Å². The quantitative estimate of drug-likeness (QED) is 0.914. The smallest absolute Gasteiger partial charge is 0.306 e. The first-order valence-electron chi connectivity index (χ1n) is 7.41. The van der Waals surface area contributed by atoms with E-state index in [0.717, 1.165) is 19.5 Å². The van der Waals surface area contributed by atoms with Gasteiger partial charge in [-0.05, 0) is 31.5 Å². The SMILES string of the molecule is CC1CN(C)CCC1NC(CC(F)(F)F)c1ccccc1. The highest BCUT2D eigenvalue weighted by molar-refractivity contribution is 5.19. The zero-order valence-electron chi connectivity index (χ0n) is 12.5. The molecule has 0 amide bonds. The molecule has 21 heavy (non-hydrogen) atoms. The van der Waals surface area contributed by atoms with E-state index in [9.17, 15) is 13.2 Å². The van der Waals surface area contributed by atoms with E-state index >= 15 is 0 Å². The zero-order valence-corrected chi connectivity index (χ0v) is 12.5. The van der Waals surface area contributed by atoms with Crippen LogP contribution in [0, 0.1) is 5.92 Å². The second kappa shape index (κ2) is 6.79. The molecular formula is C16H23F3N2. The summed E-state index contributed by atoms with van der Waals surface area (Å²) in [6, 6.07) is 8.41. The molecule has 0 aromatic heterocycles. The largest absolute Gasteiger partial charge is 0.390 e. The summed E-state index contributed by atoms with van der Waals surface area (Å²) in [6.07, 6.45) is -4.10. The van der Waals surface area contributed by atoms with Gasteiger partial charge in [-0.15, -0.1) is 0 Å². The van der Waals surface area contributed by atoms with Crippen molar-refractivity contribution in [3.63, 3.8) is 0 Å². The number of likely N-dealkylation sites (tertiary alicyclic amines) is 1. The maximum atomic E-state index is 12.9. The first-order chi connectivity index (χ1) is 9.85. The summed E-state index contributed by atoms with van der Waals surface area (Å²) in [4.78, 5) is 2.23. The molecule has 3 atom stereocenters. The van der Waals surface area contributed by atoms with Crippen molar-refractivity contribution in [2.45, 2.75) is 38.0 Å². The van der Waals surface area contributed by atoms with E-state index in [1.807, 2.05) is 6.07 Å². The second-order valence-corrected chi connectivity index (χ2v) is 6.08. The first kappa shape index (κ1) is 16.3. The van der Waals surface area contributed by atoms with Gasteiger partial charge in [-0.2, -0.15) is 13.2 Å². The molecule has 1 N–H and O–H groups in total. The van der Waals surface area contributed by atoms with Crippen LogP contribution in [0.25, 0.3) is 0 Å². The molecule has 1 aliphatic heterocycles. The van der Waals surface area contributed by atoms with Gasteiger partial charge in [0.1, 0.15) is 0 Å². The van der Waals surface area contributed by atoms with Gasteiger partial charge in [-0.1, -0.05) is 37.3 Å². The molecule has 5 heteroatoms. The van der Waals surface area contributed by atoms with E-state index in [1.165, 1.54) is 0 Å². The molecule has 2 nitrogen and oxygen atoms in total. The fraction of sp³-hybridized carbons (Fsp3) is 0.625. The predicted octanol–water partition coefficient (Wildman–Crippen LogP) is 3.61. The van der Waals surface area contributed by atoms with Crippen LogP contribution in [0.5, 0.6) is 0 Å². The van der Waals surface area contributed by atoms with Crippen LogP contribution in [0.4, 0.5) is 13.2 Å². The van der Waals surface area contributed by atoms with Gasteiger partial charge in [0.05, 0.1) is 6.42 Å². The molecule has 0 bridgehead atoms. The summed E-state index contributed by atoms with van der Waals surface area (Å²) in [7, 11) is 2.05. The van der Waals surface area contributed by atoms with Crippen molar-refractivity contribution < 1.29 is 13.2 Å². The number of hydrogen-bond donors (Lipinski definition) is 1. The van der Waals surface area contributed by atoms with Gasteiger partial charge < -0.3 is 10.2 Å². The van der Waals surface area contributed by atoms with Crippen LogP contribution in [-0.4, -0.2) is 37.3 Å². The minimum atomic E-state index is -4.16. The number of nitrogens with zero attached hydrogens (tertiary/aromatic N) is 1. The average molecular weight is 300 g/mol. The van der Waals surface area contributed by atoms with Crippen molar-refractivity contribution in [1.29, 1.82) is 0 Å². The lowest BCUT2D eigenvalue weighted by Crippen LogP contribution is -2.48. The molecule has 0 radical (unpaired) electrons. The van der Waals surface area contributed by atoms with E-state index in [-0.39, 0.29) is 6.04 Å². The fourth-order valence-corrected chi connectivity index (χ4v) is 3.05. The Labute approximate surface area is 124 Å². The van der Waals surface area contributed by atoms with Crippen molar-refractivity contribution in [3.05, 3.63) is 35.9 Å². The Morgan fingerprint density at radius 3 is 2.52 bits per heavy atom. The molecule has 1 aromatic carbocycles. The second-order valence-electron chi connectivity index (χ2n) is 6.08. The summed E-state index contributed by atoms with van der Waals surface area (Å²) < 4.78 is 38.6. The number of rotatable bonds is 4. The number of hydrogen-bond acceptors (Lipinski definition) is 2. The van der Waals surface area contributed by atoms with Crippen molar-refractivity contribution in [2.75, 3.05) is 20.1 Å². The third-order valence-electron chi connectivity index (χ3n) is 4.16. The molecule has 118 valence electrons. The van der Waals surface area contributed by atoms with Gasteiger partial charge in [0.25, 0.3) is 0 Å². The van der Waals surface area contributed by atoms with Crippen molar-refractivity contribution in [3.8, 4) is 0 Å². The Bertz CT molecular complexity index is 433. The van der Waals surface area contributed by atoms with E-state index in [2.05, 4.69) is 24.2 Å². The van der Waals surface area contributed by atoms with Gasteiger partial charge in [-0.25, -0.2) is 0 Å². The normalized spacial score (nSPS) is 25.8. The van der Waals surface area contributed by atoms with Crippen LogP contribution in [0.3, 0.4) is 0 Å². The lowest BCUT2D eigenvalue weighted by molar-refractivity contribution is -0.141. The minimum absolute atomic E-state index is 0.133. The standard InChI is InChI=1S/C16H23F3N2/c1-12-11-21(2)9-8-14(12)20-15(10-16(17,18)19)13-6-4-3-5-7-13/h3-7,12,14-15,20H,8-11H2,1-2H3. The fourth-order valence-electron chi connectivity index (χ4n) is 3.05. The Balaban J connectivity index is 2.09. The number of halogens is 3. The highest BCUT2D eigenvalue weighted by Crippen LogP contribution is 2.31. The van der Waals surface area contributed by atoms with Gasteiger partial charge in [0.15, 0.2) is 0 Å². The highest BCUT2D eigenvalue weighted by Gasteiger charge is 2.35. The molecule has 0 spiro atoms. The number of piperidine rings is 1. The maximum absolute atomic E-state index is 12.9. The third kappa shape index (κ3) is 5.00. The Hall–Kier alpha value is -1.07. The van der Waals surface area contributed by atoms with Gasteiger partial charge in [0, 0.05) is 18.6 Å². The third-order valence-corrected chi connectivity index (χ3v) is 4.16. The molecule has 1 heterocycles. The minimum Gasteiger partial charge on any atom is -0.306 e. The lowest BCUT2D eigenvalue weighted by atomic mass is 9.92. The maximum Gasteiger partial charge on any atom is 0.390 e. The number of nitrogens with one attached hydrogen (secondary N) is 1. The Morgan fingerprint density at radius 1 is 1.29 bits per heavy atom. The van der Waals surface area contributed by atoms with Crippen LogP contribution in [0.15, 0.2) is 30.3 Å². The monoisotopic (exact) mass is 300 g/mol. The van der Waals surface area contributed by atoms with Gasteiger partial charge >= 0.3 is 6.18 Å². The van der Waals surface area contributed by atoms with Crippen molar-refractivity contribution in [1.82, 2.24) is 10.2 Å². The van der Waals surface area contributed by atoms with Crippen LogP contribution >= 0.6 is 0 Å². The molecule has 1 saturated heterocycles. The van der Waals surface area contributed by atoms with E-state index in [1.54, 1.807) is 24.3 Å². The van der Waals surface area contributed by atoms with Crippen LogP contribution in [0.1, 0.15) is 31.4 Å². The summed E-state index contributed by atoms with van der Waals surface area (Å²) in [5, 5.41) is 3.25. The van der Waals surface area contributed by atoms with Gasteiger partial charge in [0.2, 0.25) is 0 Å². The summed E-state index contributed by atoms with van der Waals surface area (Å²) in [5.74, 6) is 0.350. The Kier molecular flexibility index (Phi) is 5.27. The summed E-state index contributed by atoms with van der Waals surface area (Å²) in [5.41, 5.74) is 0.709.